The third-order valence-corrected chi connectivity index (χ3v) is 12.5. The monoisotopic (exact) mass is 1160 g/mol. The second kappa shape index (κ2) is 73.5. The molecule has 3 N–H and O–H groups in total. The Bertz CT molecular complexity index is 1370. The van der Waals surface area contributed by atoms with Crippen LogP contribution in [-0.4, -0.2) is 119 Å². The molecule has 8 heterocycles. The molecule has 0 bridgehead atoms. The van der Waals surface area contributed by atoms with Crippen molar-refractivity contribution in [3.63, 3.8) is 0 Å². The van der Waals surface area contributed by atoms with E-state index in [1.54, 1.807) is 12.7 Å². The maximum absolute atomic E-state index is 4.93. The summed E-state index contributed by atoms with van der Waals surface area (Å²) in [5, 5.41) is 17.2. The number of nitrogens with zero attached hydrogens (tertiary/aromatic N) is 8. The number of hydrogen-bond acceptors (Lipinski definition) is 13. The van der Waals surface area contributed by atoms with Crippen LogP contribution < -0.4 is 16.0 Å². The van der Waals surface area contributed by atoms with Gasteiger partial charge in [0.05, 0.1) is 49.9 Å². The lowest BCUT2D eigenvalue weighted by Gasteiger charge is -2.18. The first-order valence-electron chi connectivity index (χ1n) is 34.1. The Morgan fingerprint density at radius 2 is 0.988 bits per heavy atom. The maximum atomic E-state index is 4.93. The van der Waals surface area contributed by atoms with Crippen molar-refractivity contribution in [3.8, 4) is 0 Å². The highest BCUT2D eigenvalue weighted by Crippen LogP contribution is 2.19. The maximum Gasteiger partial charge on any atom is 0.117 e. The molecule has 8 aliphatic rings. The number of aliphatic imine (C=N–C) groups is 6. The van der Waals surface area contributed by atoms with Gasteiger partial charge < -0.3 is 25.6 Å². The fourth-order valence-electron chi connectivity index (χ4n) is 7.22. The summed E-state index contributed by atoms with van der Waals surface area (Å²) in [7, 11) is 0. The van der Waals surface area contributed by atoms with Gasteiger partial charge in [-0.1, -0.05) is 232 Å². The Labute approximate surface area is 515 Å². The van der Waals surface area contributed by atoms with Crippen molar-refractivity contribution in [2.75, 3.05) is 52.5 Å². The van der Waals surface area contributed by atoms with Crippen LogP contribution in [-0.2, 0) is 9.68 Å². The van der Waals surface area contributed by atoms with Crippen molar-refractivity contribution >= 4 is 48.6 Å². The van der Waals surface area contributed by atoms with E-state index in [2.05, 4.69) is 167 Å². The molecule has 8 aliphatic heterocycles. The number of nitrogens with one attached hydrogen (secondary N) is 3. The predicted molar refractivity (Wildman–Crippen MR) is 380 cm³/mol. The minimum Gasteiger partial charge on any atom is -0.396 e. The lowest BCUT2D eigenvalue weighted by Crippen LogP contribution is -2.29. The second-order valence-electron chi connectivity index (χ2n) is 21.0. The first kappa shape index (κ1) is 94.7. The normalized spacial score (nSPS) is 19.9. The molecule has 82 heavy (non-hydrogen) atoms. The summed E-state index contributed by atoms with van der Waals surface area (Å²) in [6.45, 7) is 74.9. The van der Waals surface area contributed by atoms with Crippen molar-refractivity contribution in [2.24, 2.45) is 99.4 Å². The van der Waals surface area contributed by atoms with Gasteiger partial charge in [0.25, 0.3) is 0 Å². The van der Waals surface area contributed by atoms with E-state index in [1.807, 2.05) is 129 Å². The lowest BCUT2D eigenvalue weighted by atomic mass is 9.94. The molecule has 0 aromatic carbocycles. The highest BCUT2D eigenvalue weighted by atomic mass is 16.6. The van der Waals surface area contributed by atoms with Crippen LogP contribution in [0, 0.1) is 59.2 Å². The van der Waals surface area contributed by atoms with Crippen LogP contribution in [0.1, 0.15) is 273 Å². The molecule has 13 nitrogen and oxygen atoms in total. The first-order chi connectivity index (χ1) is 39.4. The average molecular weight is 1170 g/mol. The van der Waals surface area contributed by atoms with Crippen LogP contribution in [0.2, 0.25) is 0 Å². The minimum absolute atomic E-state index is 0.560. The standard InChI is InChI=1S/2C7H13NO.3C7H13N.3C6H12N2.8C2H6/c1-6(2)7-3-4-9-8-5-7;1-6(2)7-4-3-5-9-8-7;1-6(2)7-3-4-8-5-7;2*1-6(2)7-4-3-5-8-7;2*1-5(2)6-3-7-4-8-6;1-5(2)6-7-3-4-8-6;8*1-2/h5-7H,3-4H2,1-2H3;6H,3-5H2,1-2H3;4,6-7H,3,5H2,1-2H3;6H,3-5H2,1-2H3;5-7H,3-4H2,1-2H3;2*4-6H,3H2,1-2H3,(H,7,8);5H,3-4H2,1-2H3,(H,7,8);8*1-2H3. The molecular formula is C69H149N11O2. The number of rotatable bonds is 8. The smallest absolute Gasteiger partial charge is 0.117 e. The average Bonchev–Trinajstić information content (AvgIpc) is 4.38. The fourth-order valence-corrected chi connectivity index (χ4v) is 7.22. The Morgan fingerprint density at radius 3 is 1.18 bits per heavy atom. The van der Waals surface area contributed by atoms with Gasteiger partial charge in [-0.15, -0.1) is 0 Å². The van der Waals surface area contributed by atoms with Crippen LogP contribution in [0.5, 0.6) is 0 Å². The van der Waals surface area contributed by atoms with Crippen LogP contribution in [0.4, 0.5) is 0 Å². The molecule has 13 heteroatoms. The zero-order valence-electron chi connectivity index (χ0n) is 61.1. The number of hydrogen-bond donors (Lipinski definition) is 3. The zero-order valence-corrected chi connectivity index (χ0v) is 61.1. The topological polar surface area (TPSA) is 153 Å². The summed E-state index contributed by atoms with van der Waals surface area (Å²) in [5.74, 6) is 8.16. The molecule has 492 valence electrons. The molecule has 0 amide bonds. The van der Waals surface area contributed by atoms with E-state index in [-0.39, 0.29) is 0 Å². The van der Waals surface area contributed by atoms with E-state index in [0.717, 1.165) is 89.5 Å². The molecule has 0 aromatic heterocycles. The third-order valence-electron chi connectivity index (χ3n) is 12.5. The van der Waals surface area contributed by atoms with Crippen molar-refractivity contribution in [1.29, 1.82) is 0 Å². The zero-order chi connectivity index (χ0) is 65.3. The predicted octanol–water partition coefficient (Wildman–Crippen LogP) is 19.1. The van der Waals surface area contributed by atoms with Crippen LogP contribution in [0.3, 0.4) is 0 Å². The van der Waals surface area contributed by atoms with E-state index < -0.39 is 0 Å². The summed E-state index contributed by atoms with van der Waals surface area (Å²) in [6, 6.07) is 1.82. The first-order valence-corrected chi connectivity index (χ1v) is 34.1. The van der Waals surface area contributed by atoms with Crippen molar-refractivity contribution in [3.05, 3.63) is 0 Å². The lowest BCUT2D eigenvalue weighted by molar-refractivity contribution is 0.114. The SMILES string of the molecule is CC.CC.CC.CC.CC.CC.CC.CC.CC(C)C1=NCCC1.CC(C)C1=NCCN1.CC(C)C1=NOCCC1.CC(C)C1C=NOCC1.CC(C)C1CC=NC1.CC(C)C1CCC=N1.CC(C)C1CN=CN1.CC(C)C1CN=CN1. The van der Waals surface area contributed by atoms with Gasteiger partial charge in [-0.3, -0.25) is 30.0 Å². The fraction of sp³-hybridized carbons (Fsp3) is 0.884. The Hall–Kier alpha value is -3.64. The van der Waals surface area contributed by atoms with Gasteiger partial charge in [-0.05, 0) is 111 Å². The summed E-state index contributed by atoms with van der Waals surface area (Å²) < 4.78 is 0. The Balaban J connectivity index is -0.000000123. The van der Waals surface area contributed by atoms with Gasteiger partial charge in [0.2, 0.25) is 0 Å². The second-order valence-corrected chi connectivity index (χ2v) is 21.0. The molecule has 0 fully saturated rings. The summed E-state index contributed by atoms with van der Waals surface area (Å²) in [5.41, 5.74) is 2.63. The van der Waals surface area contributed by atoms with Crippen molar-refractivity contribution in [1.82, 2.24) is 16.0 Å². The summed E-state index contributed by atoms with van der Waals surface area (Å²) >= 11 is 0. The quantitative estimate of drug-likeness (QED) is 0.221. The van der Waals surface area contributed by atoms with Gasteiger partial charge in [0.1, 0.15) is 13.2 Å². The van der Waals surface area contributed by atoms with Crippen molar-refractivity contribution in [2.45, 2.75) is 291 Å². The molecule has 0 radical (unpaired) electrons. The minimum atomic E-state index is 0.560. The van der Waals surface area contributed by atoms with Gasteiger partial charge in [-0.2, -0.15) is 0 Å². The van der Waals surface area contributed by atoms with E-state index in [1.165, 1.54) is 49.4 Å². The van der Waals surface area contributed by atoms with E-state index in [0.29, 0.717) is 59.6 Å². The molecule has 0 spiro atoms. The molecule has 5 unspecified atom stereocenters. The third kappa shape index (κ3) is 58.1. The molecule has 5 atom stereocenters. The van der Waals surface area contributed by atoms with Crippen LogP contribution >= 0.6 is 0 Å². The number of oxime groups is 2. The highest BCUT2D eigenvalue weighted by molar-refractivity contribution is 5.87. The van der Waals surface area contributed by atoms with Gasteiger partial charge in [0, 0.05) is 55.5 Å². The van der Waals surface area contributed by atoms with E-state index in [4.69, 9.17) is 9.68 Å². The summed E-state index contributed by atoms with van der Waals surface area (Å²) in [6.07, 6.45) is 19.2. The Morgan fingerprint density at radius 1 is 0.476 bits per heavy atom. The van der Waals surface area contributed by atoms with Gasteiger partial charge >= 0.3 is 0 Å². The van der Waals surface area contributed by atoms with E-state index in [9.17, 15) is 0 Å². The van der Waals surface area contributed by atoms with Crippen LogP contribution in [0.25, 0.3) is 0 Å². The molecule has 0 aromatic rings. The van der Waals surface area contributed by atoms with Crippen molar-refractivity contribution < 1.29 is 9.68 Å². The van der Waals surface area contributed by atoms with Gasteiger partial charge in [-0.25, -0.2) is 0 Å². The largest absolute Gasteiger partial charge is 0.396 e. The molecule has 8 rings (SSSR count). The Kier molecular flexibility index (Phi) is 84.9. The molecule has 0 aliphatic carbocycles. The highest BCUT2D eigenvalue weighted by Gasteiger charge is 2.17. The van der Waals surface area contributed by atoms with E-state index >= 15 is 0 Å². The molecular weight excluding hydrogens is 1010 g/mol. The summed E-state index contributed by atoms with van der Waals surface area (Å²) in [4.78, 5) is 34.9. The van der Waals surface area contributed by atoms with Gasteiger partial charge in [0.15, 0.2) is 0 Å². The molecule has 0 saturated heterocycles. The number of amidine groups is 1. The molecule has 0 saturated carbocycles. The van der Waals surface area contributed by atoms with Crippen LogP contribution in [0.15, 0.2) is 40.3 Å².